The Labute approximate surface area is 148 Å². The van der Waals surface area contributed by atoms with Gasteiger partial charge in [-0.1, -0.05) is 67.1 Å². The first kappa shape index (κ1) is 16.0. The van der Waals surface area contributed by atoms with Gasteiger partial charge in [-0.15, -0.1) is 0 Å². The zero-order valence-corrected chi connectivity index (χ0v) is 14.2. The van der Waals surface area contributed by atoms with Gasteiger partial charge in [0.2, 0.25) is 5.91 Å². The number of hydrogen-bond donors (Lipinski definition) is 0. The second kappa shape index (κ2) is 6.81. The Morgan fingerprint density at radius 1 is 0.840 bits per heavy atom. The maximum Gasteiger partial charge on any atom is 0.251 e. The van der Waals surface area contributed by atoms with E-state index in [1.807, 2.05) is 60.7 Å². The molecule has 0 aromatic heterocycles. The van der Waals surface area contributed by atoms with Crippen molar-refractivity contribution < 1.29 is 9.59 Å². The summed E-state index contributed by atoms with van der Waals surface area (Å²) >= 11 is 0. The lowest BCUT2D eigenvalue weighted by Gasteiger charge is -2.46. The van der Waals surface area contributed by atoms with E-state index in [2.05, 4.69) is 4.90 Å². The van der Waals surface area contributed by atoms with Gasteiger partial charge in [0.05, 0.1) is 12.6 Å². The highest BCUT2D eigenvalue weighted by Gasteiger charge is 2.47. The van der Waals surface area contributed by atoms with Crippen molar-refractivity contribution in [1.29, 1.82) is 0 Å². The van der Waals surface area contributed by atoms with Crippen molar-refractivity contribution in [2.75, 3.05) is 6.54 Å². The number of imide groups is 1. The van der Waals surface area contributed by atoms with Gasteiger partial charge in [-0.3, -0.25) is 19.4 Å². The Morgan fingerprint density at radius 2 is 1.52 bits per heavy atom. The first-order chi connectivity index (χ1) is 12.3. The van der Waals surface area contributed by atoms with Crippen molar-refractivity contribution in [2.45, 2.75) is 37.9 Å². The smallest absolute Gasteiger partial charge is 0.251 e. The minimum atomic E-state index is -0.354. The predicted molar refractivity (Wildman–Crippen MR) is 95.5 cm³/mol. The summed E-state index contributed by atoms with van der Waals surface area (Å²) in [6.45, 7) is 1.16. The molecule has 4 heteroatoms. The van der Waals surface area contributed by atoms with E-state index in [9.17, 15) is 9.59 Å². The SMILES string of the molecule is O=C1[C@H]2CCCCN2[C@H](c2ccccc2)C(=O)N1Cc1ccccc1. The molecule has 4 rings (SSSR count). The molecule has 4 nitrogen and oxygen atoms in total. The third kappa shape index (κ3) is 2.98. The second-order valence-corrected chi connectivity index (χ2v) is 6.81. The summed E-state index contributed by atoms with van der Waals surface area (Å²) in [4.78, 5) is 29.9. The molecule has 2 saturated heterocycles. The lowest BCUT2D eigenvalue weighted by molar-refractivity contribution is -0.163. The molecule has 2 fully saturated rings. The highest BCUT2D eigenvalue weighted by Crippen LogP contribution is 2.35. The fourth-order valence-corrected chi connectivity index (χ4v) is 4.00. The number of nitrogens with zero attached hydrogens (tertiary/aromatic N) is 2. The molecule has 0 bridgehead atoms. The van der Waals surface area contributed by atoms with E-state index in [-0.39, 0.29) is 23.9 Å². The summed E-state index contributed by atoms with van der Waals surface area (Å²) in [5.74, 6) is -0.140. The molecular formula is C21H22N2O2. The van der Waals surface area contributed by atoms with Crippen LogP contribution >= 0.6 is 0 Å². The van der Waals surface area contributed by atoms with Crippen LogP contribution in [-0.2, 0) is 16.1 Å². The molecule has 0 N–H and O–H groups in total. The lowest BCUT2D eigenvalue weighted by atomic mass is 9.91. The predicted octanol–water partition coefficient (Wildman–Crippen LogP) is 3.15. The van der Waals surface area contributed by atoms with Gasteiger partial charge in [-0.05, 0) is 24.0 Å². The van der Waals surface area contributed by atoms with Crippen LogP contribution in [0.1, 0.15) is 36.4 Å². The number of hydrogen-bond acceptors (Lipinski definition) is 3. The molecule has 2 aliphatic heterocycles. The van der Waals surface area contributed by atoms with E-state index in [1.54, 1.807) is 0 Å². The van der Waals surface area contributed by atoms with Gasteiger partial charge < -0.3 is 0 Å². The van der Waals surface area contributed by atoms with Crippen LogP contribution in [0, 0.1) is 0 Å². The van der Waals surface area contributed by atoms with Crippen LogP contribution in [0.4, 0.5) is 0 Å². The van der Waals surface area contributed by atoms with Crippen molar-refractivity contribution in [3.8, 4) is 0 Å². The molecule has 0 saturated carbocycles. The van der Waals surface area contributed by atoms with Gasteiger partial charge in [-0.2, -0.15) is 0 Å². The maximum absolute atomic E-state index is 13.3. The van der Waals surface area contributed by atoms with Gasteiger partial charge in [0.15, 0.2) is 0 Å². The van der Waals surface area contributed by atoms with E-state index in [0.717, 1.165) is 36.9 Å². The monoisotopic (exact) mass is 334 g/mol. The number of carbonyl (C=O) groups is 2. The number of fused-ring (bicyclic) bond motifs is 1. The van der Waals surface area contributed by atoms with Crippen molar-refractivity contribution in [3.63, 3.8) is 0 Å². The van der Waals surface area contributed by atoms with Crippen molar-refractivity contribution in [3.05, 3.63) is 71.8 Å². The van der Waals surface area contributed by atoms with Crippen molar-refractivity contribution >= 4 is 11.8 Å². The largest absolute Gasteiger partial charge is 0.277 e. The fraction of sp³-hybridized carbons (Fsp3) is 0.333. The maximum atomic E-state index is 13.3. The van der Waals surface area contributed by atoms with E-state index >= 15 is 0 Å². The highest BCUT2D eigenvalue weighted by molar-refractivity contribution is 6.03. The molecule has 25 heavy (non-hydrogen) atoms. The standard InChI is InChI=1S/C21H22N2O2/c24-20-18-13-7-8-14-22(18)19(17-11-5-2-6-12-17)21(25)23(20)15-16-9-3-1-4-10-16/h1-6,9-12,18-19H,7-8,13-15H2/t18-,19-/m1/s1. The van der Waals surface area contributed by atoms with Gasteiger partial charge in [0.1, 0.15) is 6.04 Å². The molecule has 2 aromatic carbocycles. The lowest BCUT2D eigenvalue weighted by Crippen LogP contribution is -2.61. The molecule has 2 aromatic rings. The molecule has 0 spiro atoms. The van der Waals surface area contributed by atoms with E-state index < -0.39 is 0 Å². The summed E-state index contributed by atoms with van der Waals surface area (Å²) in [5.41, 5.74) is 1.96. The Hall–Kier alpha value is -2.46. The Balaban J connectivity index is 1.70. The number of piperazine rings is 1. The van der Waals surface area contributed by atoms with Gasteiger partial charge >= 0.3 is 0 Å². The van der Waals surface area contributed by atoms with Crippen LogP contribution in [-0.4, -0.2) is 34.2 Å². The number of amides is 2. The van der Waals surface area contributed by atoms with Crippen LogP contribution < -0.4 is 0 Å². The molecule has 0 aliphatic carbocycles. The third-order valence-corrected chi connectivity index (χ3v) is 5.23. The quantitative estimate of drug-likeness (QED) is 0.810. The molecule has 2 amide bonds. The van der Waals surface area contributed by atoms with Gasteiger partial charge in [-0.25, -0.2) is 0 Å². The molecule has 0 radical (unpaired) electrons. The van der Waals surface area contributed by atoms with E-state index in [1.165, 1.54) is 4.90 Å². The summed E-state index contributed by atoms with van der Waals surface area (Å²) in [6, 6.07) is 19.1. The average Bonchev–Trinajstić information content (AvgIpc) is 2.67. The molecular weight excluding hydrogens is 312 g/mol. The zero-order valence-electron chi connectivity index (χ0n) is 14.2. The van der Waals surface area contributed by atoms with Crippen LogP contribution in [0.2, 0.25) is 0 Å². The normalized spacial score (nSPS) is 24.2. The van der Waals surface area contributed by atoms with E-state index in [4.69, 9.17) is 0 Å². The second-order valence-electron chi connectivity index (χ2n) is 6.81. The highest BCUT2D eigenvalue weighted by atomic mass is 16.2. The molecule has 0 unspecified atom stereocenters. The van der Waals surface area contributed by atoms with Crippen LogP contribution in [0.3, 0.4) is 0 Å². The molecule has 2 atom stereocenters. The summed E-state index contributed by atoms with van der Waals surface area (Å²) in [5, 5.41) is 0. The molecule has 2 heterocycles. The topological polar surface area (TPSA) is 40.6 Å². The van der Waals surface area contributed by atoms with Crippen LogP contribution in [0.15, 0.2) is 60.7 Å². The number of benzene rings is 2. The molecule has 128 valence electrons. The minimum absolute atomic E-state index is 0.0410. The zero-order chi connectivity index (χ0) is 17.2. The van der Waals surface area contributed by atoms with Gasteiger partial charge in [0, 0.05) is 6.54 Å². The van der Waals surface area contributed by atoms with Crippen molar-refractivity contribution in [2.24, 2.45) is 0 Å². The van der Waals surface area contributed by atoms with Gasteiger partial charge in [0.25, 0.3) is 5.91 Å². The fourth-order valence-electron chi connectivity index (χ4n) is 4.00. The summed E-state index contributed by atoms with van der Waals surface area (Å²) in [6.07, 6.45) is 2.92. The summed E-state index contributed by atoms with van der Waals surface area (Å²) < 4.78 is 0. The average molecular weight is 334 g/mol. The Bertz CT molecular complexity index is 760. The first-order valence-corrected chi connectivity index (χ1v) is 8.95. The Kier molecular flexibility index (Phi) is 4.36. The Morgan fingerprint density at radius 3 is 2.24 bits per heavy atom. The number of piperidine rings is 1. The van der Waals surface area contributed by atoms with Crippen molar-refractivity contribution in [1.82, 2.24) is 9.80 Å². The minimum Gasteiger partial charge on any atom is -0.277 e. The van der Waals surface area contributed by atoms with E-state index in [0.29, 0.717) is 6.54 Å². The third-order valence-electron chi connectivity index (χ3n) is 5.23. The van der Waals surface area contributed by atoms with Crippen LogP contribution in [0.25, 0.3) is 0 Å². The van der Waals surface area contributed by atoms with Crippen LogP contribution in [0.5, 0.6) is 0 Å². The first-order valence-electron chi connectivity index (χ1n) is 8.95. The molecule has 2 aliphatic rings. The number of rotatable bonds is 3. The number of carbonyl (C=O) groups excluding carboxylic acids is 2. The summed E-state index contributed by atoms with van der Waals surface area (Å²) in [7, 11) is 0.